The van der Waals surface area contributed by atoms with Crippen LogP contribution in [-0.2, 0) is 10.9 Å². The molecule has 11 heteroatoms. The first-order valence-electron chi connectivity index (χ1n) is 6.54. The summed E-state index contributed by atoms with van der Waals surface area (Å²) in [6, 6.07) is 0. The Kier molecular flexibility index (Phi) is 6.04. The van der Waals surface area contributed by atoms with Crippen molar-refractivity contribution in [3.05, 3.63) is 22.5 Å². The molecule has 2 N–H and O–H groups in total. The Morgan fingerprint density at radius 3 is 2.25 bits per heavy atom. The number of halogens is 5. The summed E-state index contributed by atoms with van der Waals surface area (Å²) in [6.45, 7) is 1.54. The standard InChI is InChI=1S/C13H13F5N2O4/c1-3-4-19-7-5(12(23)24-2)8(10(14)15)20-9(13(16,17)18)6(7)11(21)22/h10H,3-4H2,1-2H3,(H,19,20)(H,21,22). The summed E-state index contributed by atoms with van der Waals surface area (Å²) in [6.07, 6.45) is -8.53. The zero-order valence-electron chi connectivity index (χ0n) is 12.5. The summed E-state index contributed by atoms with van der Waals surface area (Å²) >= 11 is 0. The summed E-state index contributed by atoms with van der Waals surface area (Å²) in [4.78, 5) is 25.7. The van der Waals surface area contributed by atoms with Gasteiger partial charge in [0.15, 0.2) is 5.69 Å². The molecule has 0 spiro atoms. The highest BCUT2D eigenvalue weighted by Gasteiger charge is 2.42. The third kappa shape index (κ3) is 3.89. The zero-order chi connectivity index (χ0) is 18.7. The molecule has 0 aliphatic rings. The molecule has 1 aromatic heterocycles. The Morgan fingerprint density at radius 2 is 1.88 bits per heavy atom. The van der Waals surface area contributed by atoms with Gasteiger partial charge in [0.2, 0.25) is 0 Å². The predicted molar refractivity (Wildman–Crippen MR) is 71.3 cm³/mol. The molecule has 0 aromatic carbocycles. The number of aromatic nitrogens is 1. The minimum Gasteiger partial charge on any atom is -0.478 e. The van der Waals surface area contributed by atoms with Crippen LogP contribution in [0.15, 0.2) is 0 Å². The first-order chi connectivity index (χ1) is 11.1. The maximum absolute atomic E-state index is 13.1. The number of carboxylic acids is 1. The quantitative estimate of drug-likeness (QED) is 0.600. The fourth-order valence-corrected chi connectivity index (χ4v) is 1.91. The third-order valence-corrected chi connectivity index (χ3v) is 2.86. The highest BCUT2D eigenvalue weighted by atomic mass is 19.4. The summed E-state index contributed by atoms with van der Waals surface area (Å²) in [5.41, 5.74) is -6.87. The first kappa shape index (κ1) is 19.6. The molecule has 1 aromatic rings. The van der Waals surface area contributed by atoms with Crippen molar-refractivity contribution in [2.24, 2.45) is 0 Å². The Balaban J connectivity index is 3.95. The van der Waals surface area contributed by atoms with Gasteiger partial charge in [0, 0.05) is 6.54 Å². The van der Waals surface area contributed by atoms with E-state index in [4.69, 9.17) is 5.11 Å². The van der Waals surface area contributed by atoms with E-state index in [0.29, 0.717) is 6.42 Å². The van der Waals surface area contributed by atoms with E-state index < -0.39 is 52.7 Å². The van der Waals surface area contributed by atoms with Crippen LogP contribution in [0.5, 0.6) is 0 Å². The molecule has 1 heterocycles. The molecule has 0 amide bonds. The van der Waals surface area contributed by atoms with Crippen LogP contribution in [0.25, 0.3) is 0 Å². The van der Waals surface area contributed by atoms with Crippen LogP contribution in [0.3, 0.4) is 0 Å². The number of carbonyl (C=O) groups is 2. The molecule has 0 radical (unpaired) electrons. The van der Waals surface area contributed by atoms with Crippen LogP contribution in [0.1, 0.15) is 51.9 Å². The molecule has 0 saturated carbocycles. The number of nitrogens with zero attached hydrogens (tertiary/aromatic N) is 1. The number of rotatable bonds is 6. The van der Waals surface area contributed by atoms with Crippen LogP contribution in [0.4, 0.5) is 27.6 Å². The molecular formula is C13H13F5N2O4. The average molecular weight is 356 g/mol. The van der Waals surface area contributed by atoms with Crippen molar-refractivity contribution >= 4 is 17.6 Å². The molecule has 0 aliphatic heterocycles. The summed E-state index contributed by atoms with van der Waals surface area (Å²) in [5, 5.41) is 11.4. The molecule has 0 bridgehead atoms. The largest absolute Gasteiger partial charge is 0.478 e. The van der Waals surface area contributed by atoms with Crippen LogP contribution in [0.2, 0.25) is 0 Å². The van der Waals surface area contributed by atoms with E-state index in [9.17, 15) is 31.5 Å². The van der Waals surface area contributed by atoms with Crippen LogP contribution < -0.4 is 5.32 Å². The van der Waals surface area contributed by atoms with E-state index in [0.717, 1.165) is 7.11 Å². The van der Waals surface area contributed by atoms with E-state index >= 15 is 0 Å². The lowest BCUT2D eigenvalue weighted by Crippen LogP contribution is -2.24. The van der Waals surface area contributed by atoms with Crippen molar-refractivity contribution in [3.63, 3.8) is 0 Å². The van der Waals surface area contributed by atoms with Crippen molar-refractivity contribution in [3.8, 4) is 0 Å². The second-order valence-electron chi connectivity index (χ2n) is 4.49. The van der Waals surface area contributed by atoms with Gasteiger partial charge in [-0.2, -0.15) is 13.2 Å². The highest BCUT2D eigenvalue weighted by molar-refractivity contribution is 6.05. The molecule has 24 heavy (non-hydrogen) atoms. The SMILES string of the molecule is CCCNc1c(C(=O)OC)c(C(F)F)nc(C(F)(F)F)c1C(=O)O. The minimum absolute atomic E-state index is 0.0612. The fraction of sp³-hybridized carbons (Fsp3) is 0.462. The number of anilines is 1. The van der Waals surface area contributed by atoms with Gasteiger partial charge in [0.05, 0.1) is 12.8 Å². The number of carbonyl (C=O) groups excluding carboxylic acids is 1. The Hall–Kier alpha value is -2.46. The number of aromatic carboxylic acids is 1. The number of carboxylic acid groups (broad SMARTS) is 1. The maximum atomic E-state index is 13.1. The average Bonchev–Trinajstić information content (AvgIpc) is 2.48. The van der Waals surface area contributed by atoms with E-state index in [2.05, 4.69) is 15.0 Å². The van der Waals surface area contributed by atoms with Gasteiger partial charge in [-0.15, -0.1) is 0 Å². The predicted octanol–water partition coefficient (Wildman–Crippen LogP) is 3.34. The topological polar surface area (TPSA) is 88.5 Å². The molecule has 0 aliphatic carbocycles. The summed E-state index contributed by atoms with van der Waals surface area (Å²) in [7, 11) is 0.819. The smallest absolute Gasteiger partial charge is 0.434 e. The Bertz CT molecular complexity index is 646. The van der Waals surface area contributed by atoms with Gasteiger partial charge >= 0.3 is 18.1 Å². The highest BCUT2D eigenvalue weighted by Crippen LogP contribution is 2.39. The van der Waals surface area contributed by atoms with E-state index in [1.807, 2.05) is 0 Å². The van der Waals surface area contributed by atoms with Gasteiger partial charge in [-0.25, -0.2) is 23.4 Å². The van der Waals surface area contributed by atoms with Crippen LogP contribution in [-0.4, -0.2) is 35.7 Å². The van der Waals surface area contributed by atoms with Gasteiger partial charge in [-0.05, 0) is 6.42 Å². The Labute approximate surface area is 132 Å². The summed E-state index contributed by atoms with van der Waals surface area (Å²) < 4.78 is 69.7. The Morgan fingerprint density at radius 1 is 1.29 bits per heavy atom. The lowest BCUT2D eigenvalue weighted by atomic mass is 10.0. The van der Waals surface area contributed by atoms with Gasteiger partial charge in [0.1, 0.15) is 16.8 Å². The number of esters is 1. The molecule has 134 valence electrons. The van der Waals surface area contributed by atoms with Gasteiger partial charge in [-0.3, -0.25) is 0 Å². The lowest BCUT2D eigenvalue weighted by molar-refractivity contribution is -0.142. The van der Waals surface area contributed by atoms with E-state index in [1.54, 1.807) is 6.92 Å². The molecule has 0 fully saturated rings. The second-order valence-corrected chi connectivity index (χ2v) is 4.49. The molecule has 0 unspecified atom stereocenters. The monoisotopic (exact) mass is 356 g/mol. The van der Waals surface area contributed by atoms with Crippen molar-refractivity contribution in [1.82, 2.24) is 4.98 Å². The molecule has 0 atom stereocenters. The molecular weight excluding hydrogens is 343 g/mol. The number of methoxy groups -OCH3 is 1. The van der Waals surface area contributed by atoms with Gasteiger partial charge in [0.25, 0.3) is 6.43 Å². The number of hydrogen-bond acceptors (Lipinski definition) is 5. The van der Waals surface area contributed by atoms with E-state index in [1.165, 1.54) is 0 Å². The zero-order valence-corrected chi connectivity index (χ0v) is 12.5. The van der Waals surface area contributed by atoms with Crippen LogP contribution in [0, 0.1) is 0 Å². The van der Waals surface area contributed by atoms with Crippen molar-refractivity contribution in [2.75, 3.05) is 19.0 Å². The third-order valence-electron chi connectivity index (χ3n) is 2.86. The van der Waals surface area contributed by atoms with Crippen molar-refractivity contribution < 1.29 is 41.4 Å². The molecule has 6 nitrogen and oxygen atoms in total. The van der Waals surface area contributed by atoms with Crippen molar-refractivity contribution in [2.45, 2.75) is 25.9 Å². The van der Waals surface area contributed by atoms with E-state index in [-0.39, 0.29) is 6.54 Å². The second kappa shape index (κ2) is 7.41. The van der Waals surface area contributed by atoms with Gasteiger partial charge in [-0.1, -0.05) is 6.92 Å². The van der Waals surface area contributed by atoms with Crippen molar-refractivity contribution in [1.29, 1.82) is 0 Å². The molecule has 0 saturated heterocycles. The first-order valence-corrected chi connectivity index (χ1v) is 6.54. The number of nitrogens with one attached hydrogen (secondary N) is 1. The normalized spacial score (nSPS) is 11.5. The maximum Gasteiger partial charge on any atom is 0.434 e. The van der Waals surface area contributed by atoms with Gasteiger partial charge < -0.3 is 15.2 Å². The lowest BCUT2D eigenvalue weighted by Gasteiger charge is -2.20. The summed E-state index contributed by atoms with van der Waals surface area (Å²) in [5.74, 6) is -3.49. The number of ether oxygens (including phenoxy) is 1. The number of hydrogen-bond donors (Lipinski definition) is 2. The number of pyridine rings is 1. The fourth-order valence-electron chi connectivity index (χ4n) is 1.91. The minimum atomic E-state index is -5.31. The number of alkyl halides is 5. The van der Waals surface area contributed by atoms with Crippen LogP contribution >= 0.6 is 0 Å². The molecule has 1 rings (SSSR count).